The van der Waals surface area contributed by atoms with Crippen LogP contribution < -0.4 is 10.6 Å². The third-order valence-electron chi connectivity index (χ3n) is 5.91. The summed E-state index contributed by atoms with van der Waals surface area (Å²) in [5.74, 6) is 1.12. The summed E-state index contributed by atoms with van der Waals surface area (Å²) in [4.78, 5) is 4.69. The van der Waals surface area contributed by atoms with Crippen LogP contribution in [-0.4, -0.2) is 48.8 Å². The van der Waals surface area contributed by atoms with Gasteiger partial charge in [0, 0.05) is 38.3 Å². The van der Waals surface area contributed by atoms with Gasteiger partial charge in [-0.3, -0.25) is 4.90 Å². The van der Waals surface area contributed by atoms with Crippen molar-refractivity contribution in [2.75, 3.05) is 37.6 Å². The number of halogens is 3. The minimum absolute atomic E-state index is 0. The highest BCUT2D eigenvalue weighted by Crippen LogP contribution is 2.31. The van der Waals surface area contributed by atoms with Gasteiger partial charge >= 0.3 is 0 Å². The van der Waals surface area contributed by atoms with E-state index in [9.17, 15) is 4.39 Å². The molecule has 0 spiro atoms. The quantitative estimate of drug-likeness (QED) is 0.813. The zero-order valence-corrected chi connectivity index (χ0v) is 16.9. The van der Waals surface area contributed by atoms with Gasteiger partial charge in [0.15, 0.2) is 11.4 Å². The van der Waals surface area contributed by atoms with Gasteiger partial charge in [0.05, 0.1) is 10.4 Å². The highest BCUT2D eigenvalue weighted by atomic mass is 35.5. The maximum absolute atomic E-state index is 13.8. The molecule has 1 aliphatic carbocycles. The van der Waals surface area contributed by atoms with Crippen molar-refractivity contribution in [3.63, 3.8) is 0 Å². The van der Waals surface area contributed by atoms with Crippen LogP contribution in [-0.2, 0) is 0 Å². The highest BCUT2D eigenvalue weighted by molar-refractivity contribution is 6.31. The van der Waals surface area contributed by atoms with Gasteiger partial charge in [-0.15, -0.1) is 12.4 Å². The van der Waals surface area contributed by atoms with E-state index in [1.54, 1.807) is 0 Å². The summed E-state index contributed by atoms with van der Waals surface area (Å²) in [6.07, 6.45) is 6.18. The SMILES string of the molecule is Cl.N[C@H]1CC[C@H](CCN2CCN(c3noc4cc(Cl)c(F)cc34)CC2)CC1. The summed E-state index contributed by atoms with van der Waals surface area (Å²) in [6, 6.07) is 3.34. The predicted molar refractivity (Wildman–Crippen MR) is 109 cm³/mol. The lowest BCUT2D eigenvalue weighted by Gasteiger charge is -2.36. The third-order valence-corrected chi connectivity index (χ3v) is 6.20. The van der Waals surface area contributed by atoms with Crippen LogP contribution in [0.5, 0.6) is 0 Å². The van der Waals surface area contributed by atoms with E-state index in [2.05, 4.69) is 15.0 Å². The Kier molecular flexibility index (Phi) is 6.84. The number of fused-ring (bicyclic) bond motifs is 1. The van der Waals surface area contributed by atoms with E-state index < -0.39 is 5.82 Å². The Morgan fingerprint density at radius 1 is 1.15 bits per heavy atom. The molecule has 0 unspecified atom stereocenters. The molecule has 1 aliphatic heterocycles. The summed E-state index contributed by atoms with van der Waals surface area (Å²) < 4.78 is 19.1. The van der Waals surface area contributed by atoms with Gasteiger partial charge in [0.1, 0.15) is 5.82 Å². The van der Waals surface area contributed by atoms with E-state index in [4.69, 9.17) is 21.9 Å². The van der Waals surface area contributed by atoms with Crippen molar-refractivity contribution in [3.05, 3.63) is 23.0 Å². The van der Waals surface area contributed by atoms with Crippen molar-refractivity contribution >= 4 is 40.8 Å². The Morgan fingerprint density at radius 2 is 1.85 bits per heavy atom. The van der Waals surface area contributed by atoms with Crippen LogP contribution in [0.25, 0.3) is 11.0 Å². The molecule has 2 fully saturated rings. The first-order valence-corrected chi connectivity index (χ1v) is 9.95. The summed E-state index contributed by atoms with van der Waals surface area (Å²) in [5, 5.41) is 4.91. The summed E-state index contributed by atoms with van der Waals surface area (Å²) in [5.41, 5.74) is 6.53. The summed E-state index contributed by atoms with van der Waals surface area (Å²) in [6.45, 7) is 4.90. The molecule has 0 bridgehead atoms. The normalized spacial score (nSPS) is 24.2. The molecule has 0 amide bonds. The van der Waals surface area contributed by atoms with Gasteiger partial charge in [-0.05, 0) is 50.6 Å². The molecule has 2 heterocycles. The van der Waals surface area contributed by atoms with Crippen molar-refractivity contribution in [1.29, 1.82) is 0 Å². The van der Waals surface area contributed by atoms with Crippen LogP contribution in [0, 0.1) is 11.7 Å². The lowest BCUT2D eigenvalue weighted by molar-refractivity contribution is 0.216. The highest BCUT2D eigenvalue weighted by Gasteiger charge is 2.24. The number of piperazine rings is 1. The number of anilines is 1. The molecule has 8 heteroatoms. The molecule has 5 nitrogen and oxygen atoms in total. The fourth-order valence-electron chi connectivity index (χ4n) is 4.17. The number of hydrogen-bond acceptors (Lipinski definition) is 5. The van der Waals surface area contributed by atoms with Crippen molar-refractivity contribution in [3.8, 4) is 0 Å². The second kappa shape index (κ2) is 8.95. The predicted octanol–water partition coefficient (Wildman–Crippen LogP) is 4.07. The monoisotopic (exact) mass is 416 g/mol. The molecule has 1 saturated heterocycles. The molecule has 2 aliphatic rings. The number of nitrogens with two attached hydrogens (primary N) is 1. The molecule has 1 aromatic heterocycles. The van der Waals surface area contributed by atoms with Crippen LogP contribution in [0.15, 0.2) is 16.7 Å². The van der Waals surface area contributed by atoms with Crippen molar-refractivity contribution < 1.29 is 8.91 Å². The van der Waals surface area contributed by atoms with Crippen LogP contribution in [0.2, 0.25) is 5.02 Å². The Hall–Kier alpha value is -1.08. The smallest absolute Gasteiger partial charge is 0.180 e. The van der Waals surface area contributed by atoms with E-state index in [0.717, 1.165) is 44.5 Å². The molecule has 1 saturated carbocycles. The van der Waals surface area contributed by atoms with Crippen LogP contribution in [0.3, 0.4) is 0 Å². The van der Waals surface area contributed by atoms with E-state index in [-0.39, 0.29) is 17.4 Å². The molecule has 27 heavy (non-hydrogen) atoms. The molecule has 2 aromatic rings. The number of hydrogen-bond donors (Lipinski definition) is 1. The molecular formula is C19H27Cl2FN4O. The summed E-state index contributed by atoms with van der Waals surface area (Å²) >= 11 is 5.82. The van der Waals surface area contributed by atoms with Gasteiger partial charge in [-0.2, -0.15) is 0 Å². The van der Waals surface area contributed by atoms with E-state index in [1.165, 1.54) is 44.2 Å². The molecule has 0 radical (unpaired) electrons. The average molecular weight is 417 g/mol. The first kappa shape index (κ1) is 20.6. The molecule has 1 aromatic carbocycles. The van der Waals surface area contributed by atoms with Gasteiger partial charge in [-0.1, -0.05) is 16.8 Å². The maximum Gasteiger partial charge on any atom is 0.180 e. The van der Waals surface area contributed by atoms with Crippen molar-refractivity contribution in [1.82, 2.24) is 10.1 Å². The fraction of sp³-hybridized carbons (Fsp3) is 0.632. The van der Waals surface area contributed by atoms with E-state index in [0.29, 0.717) is 17.0 Å². The second-order valence-electron chi connectivity index (χ2n) is 7.67. The number of nitrogens with zero attached hydrogens (tertiary/aromatic N) is 3. The van der Waals surface area contributed by atoms with Gasteiger partial charge in [0.25, 0.3) is 0 Å². The lowest BCUT2D eigenvalue weighted by atomic mass is 9.84. The average Bonchev–Trinajstić information content (AvgIpc) is 3.05. The Morgan fingerprint density at radius 3 is 2.56 bits per heavy atom. The van der Waals surface area contributed by atoms with Gasteiger partial charge in [0.2, 0.25) is 0 Å². The summed E-state index contributed by atoms with van der Waals surface area (Å²) in [7, 11) is 0. The zero-order valence-electron chi connectivity index (χ0n) is 15.4. The maximum atomic E-state index is 13.8. The Balaban J connectivity index is 0.00000210. The fourth-order valence-corrected chi connectivity index (χ4v) is 4.33. The second-order valence-corrected chi connectivity index (χ2v) is 8.07. The van der Waals surface area contributed by atoms with Crippen LogP contribution in [0.4, 0.5) is 10.2 Å². The minimum atomic E-state index is -0.436. The largest absolute Gasteiger partial charge is 0.354 e. The number of benzene rings is 1. The lowest BCUT2D eigenvalue weighted by Crippen LogP contribution is -2.47. The topological polar surface area (TPSA) is 58.5 Å². The van der Waals surface area contributed by atoms with E-state index in [1.807, 2.05) is 0 Å². The number of aromatic nitrogens is 1. The van der Waals surface area contributed by atoms with Crippen LogP contribution in [0.1, 0.15) is 32.1 Å². The molecular weight excluding hydrogens is 390 g/mol. The Labute approximate surface area is 170 Å². The molecule has 4 rings (SSSR count). The third kappa shape index (κ3) is 4.67. The number of rotatable bonds is 4. The molecule has 0 atom stereocenters. The van der Waals surface area contributed by atoms with E-state index >= 15 is 0 Å². The standard InChI is InChI=1S/C19H26ClFN4O.ClH/c20-16-12-18-15(11-17(16)21)19(23-26-18)25-9-7-24(8-10-25)6-5-13-1-3-14(22)4-2-13;/h11-14H,1-10,22H2;1H/t13-,14-;. The first-order chi connectivity index (χ1) is 12.6. The minimum Gasteiger partial charge on any atom is -0.354 e. The van der Waals surface area contributed by atoms with Crippen molar-refractivity contribution in [2.24, 2.45) is 11.7 Å². The van der Waals surface area contributed by atoms with Crippen molar-refractivity contribution in [2.45, 2.75) is 38.1 Å². The zero-order chi connectivity index (χ0) is 18.1. The molecule has 2 N–H and O–H groups in total. The Bertz CT molecular complexity index is 755. The van der Waals surface area contributed by atoms with Gasteiger partial charge in [-0.25, -0.2) is 4.39 Å². The molecule has 150 valence electrons. The van der Waals surface area contributed by atoms with Crippen LogP contribution >= 0.6 is 24.0 Å². The van der Waals surface area contributed by atoms with Gasteiger partial charge < -0.3 is 15.2 Å². The first-order valence-electron chi connectivity index (χ1n) is 9.57.